The van der Waals surface area contributed by atoms with Crippen LogP contribution in [0.1, 0.15) is 15.9 Å². The molecular weight excluding hydrogens is 307 g/mol. The fourth-order valence-electron chi connectivity index (χ4n) is 2.41. The van der Waals surface area contributed by atoms with Gasteiger partial charge in [-0.3, -0.25) is 4.79 Å². The molecule has 0 aliphatic heterocycles. The van der Waals surface area contributed by atoms with Gasteiger partial charge in [-0.1, -0.05) is 30.3 Å². The van der Waals surface area contributed by atoms with Gasteiger partial charge in [0.1, 0.15) is 11.6 Å². The molecule has 120 valence electrons. The van der Waals surface area contributed by atoms with Gasteiger partial charge < -0.3 is 4.74 Å². The molecule has 0 aliphatic rings. The molecule has 3 aromatic carbocycles. The zero-order chi connectivity index (χ0) is 16.9. The Bertz CT molecular complexity index is 905. The highest BCUT2D eigenvalue weighted by atomic mass is 19.1. The van der Waals surface area contributed by atoms with Crippen molar-refractivity contribution in [3.05, 3.63) is 77.6 Å². The summed E-state index contributed by atoms with van der Waals surface area (Å²) in [6.45, 7) is 0. The molecule has 0 aromatic heterocycles. The first kappa shape index (κ1) is 15.7. The van der Waals surface area contributed by atoms with Gasteiger partial charge >= 0.3 is 0 Å². The number of hydrazone groups is 1. The van der Waals surface area contributed by atoms with Crippen LogP contribution in [0.4, 0.5) is 4.39 Å². The Labute approximate surface area is 138 Å². The molecule has 0 unspecified atom stereocenters. The molecule has 0 heterocycles. The van der Waals surface area contributed by atoms with Gasteiger partial charge in [0.2, 0.25) is 0 Å². The summed E-state index contributed by atoms with van der Waals surface area (Å²) in [5, 5.41) is 6.02. The topological polar surface area (TPSA) is 50.7 Å². The van der Waals surface area contributed by atoms with E-state index in [9.17, 15) is 9.18 Å². The number of fused-ring (bicyclic) bond motifs is 1. The molecule has 0 spiro atoms. The van der Waals surface area contributed by atoms with Crippen LogP contribution < -0.4 is 10.2 Å². The lowest BCUT2D eigenvalue weighted by Gasteiger charge is -2.08. The number of carbonyl (C=O) groups excluding carboxylic acids is 1. The maximum atomic E-state index is 12.9. The first-order valence-corrected chi connectivity index (χ1v) is 7.34. The molecule has 24 heavy (non-hydrogen) atoms. The zero-order valence-corrected chi connectivity index (χ0v) is 13.0. The van der Waals surface area contributed by atoms with Crippen LogP contribution in [-0.4, -0.2) is 19.2 Å². The predicted molar refractivity (Wildman–Crippen MR) is 92.0 cm³/mol. The summed E-state index contributed by atoms with van der Waals surface area (Å²) in [4.78, 5) is 12.0. The van der Waals surface area contributed by atoms with Gasteiger partial charge in [0.15, 0.2) is 0 Å². The first-order chi connectivity index (χ1) is 11.7. The summed E-state index contributed by atoms with van der Waals surface area (Å²) in [5.74, 6) is -0.144. The molecule has 0 saturated carbocycles. The SMILES string of the molecule is COc1ccc2ccccc2c1C=NNC(=O)c1ccc(F)cc1. The second-order valence-electron chi connectivity index (χ2n) is 5.11. The second kappa shape index (κ2) is 6.91. The number of amides is 1. The van der Waals surface area contributed by atoms with Crippen molar-refractivity contribution in [3.8, 4) is 5.75 Å². The van der Waals surface area contributed by atoms with Crippen molar-refractivity contribution in [2.24, 2.45) is 5.10 Å². The van der Waals surface area contributed by atoms with Crippen molar-refractivity contribution in [1.29, 1.82) is 0 Å². The summed E-state index contributed by atoms with van der Waals surface area (Å²) in [6, 6.07) is 16.9. The van der Waals surface area contributed by atoms with Gasteiger partial charge in [-0.2, -0.15) is 5.10 Å². The van der Waals surface area contributed by atoms with E-state index in [4.69, 9.17) is 4.74 Å². The van der Waals surface area contributed by atoms with E-state index in [-0.39, 0.29) is 0 Å². The molecule has 0 bridgehead atoms. The van der Waals surface area contributed by atoms with Crippen LogP contribution in [0, 0.1) is 5.82 Å². The first-order valence-electron chi connectivity index (χ1n) is 7.34. The fraction of sp³-hybridized carbons (Fsp3) is 0.0526. The maximum absolute atomic E-state index is 12.9. The number of benzene rings is 3. The number of rotatable bonds is 4. The normalized spacial score (nSPS) is 10.9. The van der Waals surface area contributed by atoms with Gasteiger partial charge in [-0.15, -0.1) is 0 Å². The van der Waals surface area contributed by atoms with E-state index in [2.05, 4.69) is 10.5 Å². The van der Waals surface area contributed by atoms with Crippen LogP contribution in [0.5, 0.6) is 5.75 Å². The molecular formula is C19H15FN2O2. The Hall–Kier alpha value is -3.21. The van der Waals surface area contributed by atoms with Gasteiger partial charge in [0.25, 0.3) is 5.91 Å². The van der Waals surface area contributed by atoms with E-state index in [0.717, 1.165) is 16.3 Å². The summed E-state index contributed by atoms with van der Waals surface area (Å²) in [5.41, 5.74) is 3.54. The van der Waals surface area contributed by atoms with Crippen LogP contribution in [-0.2, 0) is 0 Å². The molecule has 0 aliphatic carbocycles. The quantitative estimate of drug-likeness (QED) is 0.587. The lowest BCUT2D eigenvalue weighted by Crippen LogP contribution is -2.17. The molecule has 5 heteroatoms. The minimum atomic E-state index is -0.412. The van der Waals surface area contributed by atoms with Crippen molar-refractivity contribution in [1.82, 2.24) is 5.43 Å². The number of halogens is 1. The number of hydrogen-bond acceptors (Lipinski definition) is 3. The molecule has 1 N–H and O–H groups in total. The maximum Gasteiger partial charge on any atom is 0.271 e. The van der Waals surface area contributed by atoms with Crippen molar-refractivity contribution in [2.75, 3.05) is 7.11 Å². The number of methoxy groups -OCH3 is 1. The highest BCUT2D eigenvalue weighted by molar-refractivity contribution is 6.03. The van der Waals surface area contributed by atoms with Crippen LogP contribution in [0.25, 0.3) is 10.8 Å². The van der Waals surface area contributed by atoms with Crippen LogP contribution in [0.2, 0.25) is 0 Å². The molecule has 0 radical (unpaired) electrons. The Balaban J connectivity index is 1.85. The molecule has 0 atom stereocenters. The van der Waals surface area contributed by atoms with Crippen molar-refractivity contribution < 1.29 is 13.9 Å². The average molecular weight is 322 g/mol. The lowest BCUT2D eigenvalue weighted by molar-refractivity contribution is 0.0955. The third-order valence-electron chi connectivity index (χ3n) is 3.62. The minimum Gasteiger partial charge on any atom is -0.496 e. The van der Waals surface area contributed by atoms with Crippen molar-refractivity contribution in [3.63, 3.8) is 0 Å². The second-order valence-corrected chi connectivity index (χ2v) is 5.11. The van der Waals surface area contributed by atoms with E-state index in [0.29, 0.717) is 11.3 Å². The Kier molecular flexibility index (Phi) is 4.52. The number of ether oxygens (including phenoxy) is 1. The Morgan fingerprint density at radius 2 is 1.83 bits per heavy atom. The molecule has 0 saturated heterocycles. The minimum absolute atomic E-state index is 0.332. The van der Waals surface area contributed by atoms with Gasteiger partial charge in [-0.25, -0.2) is 9.82 Å². The molecule has 4 nitrogen and oxygen atoms in total. The van der Waals surface area contributed by atoms with Crippen LogP contribution in [0.3, 0.4) is 0 Å². The Morgan fingerprint density at radius 3 is 2.58 bits per heavy atom. The summed E-state index contributed by atoms with van der Waals surface area (Å²) in [6.07, 6.45) is 1.54. The van der Waals surface area contributed by atoms with Crippen LogP contribution in [0.15, 0.2) is 65.8 Å². The van der Waals surface area contributed by atoms with Gasteiger partial charge in [0, 0.05) is 11.1 Å². The third kappa shape index (κ3) is 3.25. The number of carbonyl (C=O) groups is 1. The fourth-order valence-corrected chi connectivity index (χ4v) is 2.41. The summed E-state index contributed by atoms with van der Waals surface area (Å²) < 4.78 is 18.2. The standard InChI is InChI=1S/C19H15FN2O2/c1-24-18-11-8-13-4-2-3-5-16(13)17(18)12-21-22-19(23)14-6-9-15(20)10-7-14/h2-12H,1H3,(H,22,23). The largest absolute Gasteiger partial charge is 0.496 e. The van der Waals surface area contributed by atoms with Crippen molar-refractivity contribution >= 4 is 22.9 Å². The smallest absolute Gasteiger partial charge is 0.271 e. The van der Waals surface area contributed by atoms with E-state index < -0.39 is 11.7 Å². The van der Waals surface area contributed by atoms with Gasteiger partial charge in [-0.05, 0) is 41.1 Å². The van der Waals surface area contributed by atoms with Crippen molar-refractivity contribution in [2.45, 2.75) is 0 Å². The number of hydrogen-bond donors (Lipinski definition) is 1. The van der Waals surface area contributed by atoms with E-state index in [1.165, 1.54) is 24.3 Å². The third-order valence-corrected chi connectivity index (χ3v) is 3.62. The van der Waals surface area contributed by atoms with Crippen LogP contribution >= 0.6 is 0 Å². The highest BCUT2D eigenvalue weighted by Crippen LogP contribution is 2.26. The highest BCUT2D eigenvalue weighted by Gasteiger charge is 2.07. The average Bonchev–Trinajstić information content (AvgIpc) is 2.62. The Morgan fingerprint density at radius 1 is 1.08 bits per heavy atom. The lowest BCUT2D eigenvalue weighted by atomic mass is 10.0. The summed E-state index contributed by atoms with van der Waals surface area (Å²) >= 11 is 0. The predicted octanol–water partition coefficient (Wildman–Crippen LogP) is 3.75. The number of nitrogens with one attached hydrogen (secondary N) is 1. The molecule has 1 amide bonds. The van der Waals surface area contributed by atoms with E-state index in [1.54, 1.807) is 13.3 Å². The molecule has 0 fully saturated rings. The van der Waals surface area contributed by atoms with E-state index in [1.807, 2.05) is 36.4 Å². The zero-order valence-electron chi connectivity index (χ0n) is 13.0. The molecule has 3 rings (SSSR count). The summed E-state index contributed by atoms with van der Waals surface area (Å²) in [7, 11) is 1.58. The van der Waals surface area contributed by atoms with E-state index >= 15 is 0 Å². The van der Waals surface area contributed by atoms with Gasteiger partial charge in [0.05, 0.1) is 13.3 Å². The number of nitrogens with zero attached hydrogens (tertiary/aromatic N) is 1. The monoisotopic (exact) mass is 322 g/mol. The molecule has 3 aromatic rings.